The number of carbonyl (C=O) groups is 2. The molecular weight excluding hydrogens is 336 g/mol. The molecule has 2 amide bonds. The number of methoxy groups -OCH3 is 1. The van der Waals surface area contributed by atoms with Crippen LogP contribution in [0.4, 0.5) is 0 Å². The van der Waals surface area contributed by atoms with Crippen molar-refractivity contribution in [2.75, 3.05) is 13.7 Å². The Balaban J connectivity index is 1.85. The van der Waals surface area contributed by atoms with E-state index in [4.69, 9.17) is 9.47 Å². The monoisotopic (exact) mass is 362 g/mol. The van der Waals surface area contributed by atoms with Gasteiger partial charge < -0.3 is 25.2 Å². The van der Waals surface area contributed by atoms with Gasteiger partial charge in [-0.15, -0.1) is 0 Å². The van der Waals surface area contributed by atoms with E-state index in [0.717, 1.165) is 31.2 Å². The number of ether oxygens (including phenoxy) is 2. The minimum absolute atomic E-state index is 0.169. The van der Waals surface area contributed by atoms with E-state index in [1.165, 1.54) is 6.92 Å². The molecule has 1 aliphatic heterocycles. The first-order chi connectivity index (χ1) is 12.5. The maximum Gasteiger partial charge on any atom is 0.249 e. The molecule has 0 bridgehead atoms. The lowest BCUT2D eigenvalue weighted by molar-refractivity contribution is -0.126. The fraction of sp³-hybridized carbons (Fsp3) is 0.579. The molecule has 1 heterocycles. The van der Waals surface area contributed by atoms with E-state index in [1.807, 2.05) is 12.1 Å². The van der Waals surface area contributed by atoms with E-state index in [9.17, 15) is 14.7 Å². The van der Waals surface area contributed by atoms with Gasteiger partial charge in [0.15, 0.2) is 11.5 Å². The molecule has 3 rings (SSSR count). The first kappa shape index (κ1) is 18.5. The number of hydrogen-bond acceptors (Lipinski definition) is 5. The molecule has 0 aromatic heterocycles. The van der Waals surface area contributed by atoms with Crippen LogP contribution in [0.2, 0.25) is 0 Å². The molecule has 3 atom stereocenters. The zero-order valence-electron chi connectivity index (χ0n) is 15.2. The molecule has 0 spiro atoms. The molecule has 7 nitrogen and oxygen atoms in total. The van der Waals surface area contributed by atoms with Crippen molar-refractivity contribution in [1.29, 1.82) is 0 Å². The normalized spacial score (nSPS) is 25.8. The topological polar surface area (TPSA) is 96.9 Å². The van der Waals surface area contributed by atoms with Gasteiger partial charge in [-0.3, -0.25) is 9.59 Å². The number of amides is 2. The maximum atomic E-state index is 12.0. The van der Waals surface area contributed by atoms with Gasteiger partial charge in [0.2, 0.25) is 11.8 Å². The third kappa shape index (κ3) is 3.93. The Kier molecular flexibility index (Phi) is 5.66. The summed E-state index contributed by atoms with van der Waals surface area (Å²) in [6.45, 7) is 1.68. The molecule has 0 radical (unpaired) electrons. The van der Waals surface area contributed by atoms with Crippen LogP contribution in [-0.2, 0) is 9.59 Å². The standard InChI is InChI=1S/C19H26N2O5/c1-11(22)20-10-14-17(18(23)19(24)21-14)12-7-8-15(25-2)16(9-12)26-13-5-3-4-6-13/h7-9,13-14,17-18,23H,3-6,10H2,1-2H3,(H,20,22)(H,21,24)/t14-,17+,18+/m1/s1. The van der Waals surface area contributed by atoms with Gasteiger partial charge in [0, 0.05) is 19.4 Å². The Labute approximate surface area is 153 Å². The van der Waals surface area contributed by atoms with E-state index < -0.39 is 17.9 Å². The highest BCUT2D eigenvalue weighted by Gasteiger charge is 2.42. The van der Waals surface area contributed by atoms with Crippen molar-refractivity contribution >= 4 is 11.8 Å². The Morgan fingerprint density at radius 2 is 2.04 bits per heavy atom. The van der Waals surface area contributed by atoms with E-state index in [2.05, 4.69) is 10.6 Å². The predicted octanol–water partition coefficient (Wildman–Crippen LogP) is 1.10. The molecular formula is C19H26N2O5. The summed E-state index contributed by atoms with van der Waals surface area (Å²) in [5, 5.41) is 15.8. The summed E-state index contributed by atoms with van der Waals surface area (Å²) in [5.74, 6) is 0.178. The second kappa shape index (κ2) is 7.95. The van der Waals surface area contributed by atoms with Crippen molar-refractivity contribution in [1.82, 2.24) is 10.6 Å². The molecule has 142 valence electrons. The minimum Gasteiger partial charge on any atom is -0.493 e. The molecule has 1 aliphatic carbocycles. The largest absolute Gasteiger partial charge is 0.493 e. The molecule has 0 unspecified atom stereocenters. The fourth-order valence-electron chi connectivity index (χ4n) is 3.77. The lowest BCUT2D eigenvalue weighted by Crippen LogP contribution is -2.40. The van der Waals surface area contributed by atoms with E-state index >= 15 is 0 Å². The van der Waals surface area contributed by atoms with Gasteiger partial charge in [-0.2, -0.15) is 0 Å². The van der Waals surface area contributed by atoms with Gasteiger partial charge >= 0.3 is 0 Å². The second-order valence-electron chi connectivity index (χ2n) is 6.96. The van der Waals surface area contributed by atoms with Crippen molar-refractivity contribution in [3.63, 3.8) is 0 Å². The van der Waals surface area contributed by atoms with Crippen LogP contribution in [0.25, 0.3) is 0 Å². The van der Waals surface area contributed by atoms with Crippen LogP contribution in [0.5, 0.6) is 11.5 Å². The SMILES string of the molecule is COc1ccc([C@@H]2[C@H](O)C(=O)N[C@@H]2CNC(C)=O)cc1OC1CCCC1. The van der Waals surface area contributed by atoms with Crippen molar-refractivity contribution in [2.45, 2.75) is 56.8 Å². The molecule has 7 heteroatoms. The smallest absolute Gasteiger partial charge is 0.249 e. The molecule has 1 aromatic rings. The molecule has 1 saturated heterocycles. The molecule has 26 heavy (non-hydrogen) atoms. The Morgan fingerprint density at radius 1 is 1.31 bits per heavy atom. The maximum absolute atomic E-state index is 12.0. The summed E-state index contributed by atoms with van der Waals surface area (Å²) in [6.07, 6.45) is 3.36. The van der Waals surface area contributed by atoms with Crippen LogP contribution in [0.3, 0.4) is 0 Å². The van der Waals surface area contributed by atoms with Crippen molar-refractivity contribution in [3.05, 3.63) is 23.8 Å². The highest BCUT2D eigenvalue weighted by Crippen LogP contribution is 2.37. The molecule has 1 aromatic carbocycles. The summed E-state index contributed by atoms with van der Waals surface area (Å²) in [6, 6.07) is 5.08. The lowest BCUT2D eigenvalue weighted by atomic mass is 9.89. The van der Waals surface area contributed by atoms with Crippen LogP contribution in [-0.4, -0.2) is 48.8 Å². The third-order valence-corrected chi connectivity index (χ3v) is 5.11. The third-order valence-electron chi connectivity index (χ3n) is 5.11. The Morgan fingerprint density at radius 3 is 2.69 bits per heavy atom. The van der Waals surface area contributed by atoms with Gasteiger partial charge in [-0.05, 0) is 43.4 Å². The number of hydrogen-bond donors (Lipinski definition) is 3. The molecule has 2 fully saturated rings. The average molecular weight is 362 g/mol. The summed E-state index contributed by atoms with van der Waals surface area (Å²) in [5.41, 5.74) is 0.778. The lowest BCUT2D eigenvalue weighted by Gasteiger charge is -2.23. The van der Waals surface area contributed by atoms with Crippen LogP contribution < -0.4 is 20.1 Å². The summed E-state index contributed by atoms with van der Waals surface area (Å²) < 4.78 is 11.5. The highest BCUT2D eigenvalue weighted by atomic mass is 16.5. The van der Waals surface area contributed by atoms with Crippen LogP contribution in [0, 0.1) is 0 Å². The average Bonchev–Trinajstić information content (AvgIpc) is 3.21. The zero-order chi connectivity index (χ0) is 18.7. The summed E-state index contributed by atoms with van der Waals surface area (Å²) >= 11 is 0. The van der Waals surface area contributed by atoms with Gasteiger partial charge in [0.25, 0.3) is 0 Å². The number of aliphatic hydroxyl groups excluding tert-OH is 1. The number of aliphatic hydroxyl groups is 1. The summed E-state index contributed by atoms with van der Waals surface area (Å²) in [4.78, 5) is 23.2. The summed E-state index contributed by atoms with van der Waals surface area (Å²) in [7, 11) is 1.59. The van der Waals surface area contributed by atoms with Crippen LogP contribution >= 0.6 is 0 Å². The zero-order valence-corrected chi connectivity index (χ0v) is 15.2. The first-order valence-electron chi connectivity index (χ1n) is 9.07. The second-order valence-corrected chi connectivity index (χ2v) is 6.96. The number of rotatable bonds is 6. The number of benzene rings is 1. The van der Waals surface area contributed by atoms with E-state index in [0.29, 0.717) is 11.5 Å². The van der Waals surface area contributed by atoms with Crippen LogP contribution in [0.15, 0.2) is 18.2 Å². The van der Waals surface area contributed by atoms with Crippen molar-refractivity contribution in [3.8, 4) is 11.5 Å². The Bertz CT molecular complexity index is 672. The van der Waals surface area contributed by atoms with Crippen LogP contribution in [0.1, 0.15) is 44.1 Å². The molecule has 1 saturated carbocycles. The number of nitrogens with one attached hydrogen (secondary N) is 2. The fourth-order valence-corrected chi connectivity index (χ4v) is 3.77. The molecule has 2 aliphatic rings. The Hall–Kier alpha value is -2.28. The quantitative estimate of drug-likeness (QED) is 0.704. The number of carbonyl (C=O) groups excluding carboxylic acids is 2. The predicted molar refractivity (Wildman–Crippen MR) is 95.2 cm³/mol. The van der Waals surface area contributed by atoms with Crippen molar-refractivity contribution < 1.29 is 24.2 Å². The van der Waals surface area contributed by atoms with Crippen molar-refractivity contribution in [2.24, 2.45) is 0 Å². The van der Waals surface area contributed by atoms with Gasteiger partial charge in [0.05, 0.1) is 19.3 Å². The minimum atomic E-state index is -1.17. The first-order valence-corrected chi connectivity index (χ1v) is 9.07. The highest BCUT2D eigenvalue weighted by molar-refractivity contribution is 5.85. The van der Waals surface area contributed by atoms with E-state index in [-0.39, 0.29) is 24.6 Å². The van der Waals surface area contributed by atoms with E-state index in [1.54, 1.807) is 13.2 Å². The van der Waals surface area contributed by atoms with Gasteiger partial charge in [-0.1, -0.05) is 6.07 Å². The van der Waals surface area contributed by atoms with Gasteiger partial charge in [0.1, 0.15) is 6.10 Å². The molecule has 3 N–H and O–H groups in total. The van der Waals surface area contributed by atoms with Gasteiger partial charge in [-0.25, -0.2) is 0 Å².